The lowest BCUT2D eigenvalue weighted by molar-refractivity contribution is 0.330. The summed E-state index contributed by atoms with van der Waals surface area (Å²) in [6, 6.07) is 5.92. The number of hydrogen-bond acceptors (Lipinski definition) is 3. The number of methoxy groups -OCH3 is 1. The highest BCUT2D eigenvalue weighted by atomic mass is 16.5. The molecule has 96 valence electrons. The summed E-state index contributed by atoms with van der Waals surface area (Å²) in [5, 5.41) is 8.79. The van der Waals surface area contributed by atoms with Crippen LogP contribution in [0.5, 0.6) is 5.75 Å². The second-order valence-electron chi connectivity index (χ2n) is 4.47. The third-order valence-corrected chi connectivity index (χ3v) is 3.21. The molecular weight excluding hydrogens is 226 g/mol. The van der Waals surface area contributed by atoms with Crippen LogP contribution < -0.4 is 4.74 Å². The van der Waals surface area contributed by atoms with Crippen molar-refractivity contribution in [1.82, 2.24) is 4.90 Å². The summed E-state index contributed by atoms with van der Waals surface area (Å²) < 4.78 is 5.26. The smallest absolute Gasteiger partial charge is 0.119 e. The molecule has 1 aliphatic rings. The van der Waals surface area contributed by atoms with Crippen molar-refractivity contribution in [3.05, 3.63) is 29.3 Å². The first-order chi connectivity index (χ1) is 8.83. The van der Waals surface area contributed by atoms with E-state index in [1.165, 1.54) is 18.4 Å². The van der Waals surface area contributed by atoms with Gasteiger partial charge in [-0.15, -0.1) is 0 Å². The van der Waals surface area contributed by atoms with E-state index in [0.717, 1.165) is 30.9 Å². The Morgan fingerprint density at radius 2 is 2.11 bits per heavy atom. The van der Waals surface area contributed by atoms with Gasteiger partial charge >= 0.3 is 0 Å². The molecule has 3 heteroatoms. The molecule has 0 saturated carbocycles. The Labute approximate surface area is 108 Å². The van der Waals surface area contributed by atoms with E-state index in [9.17, 15) is 0 Å². The Kier molecular flexibility index (Phi) is 4.63. The summed E-state index contributed by atoms with van der Waals surface area (Å²) >= 11 is 0. The standard InChI is InChI=1S/C15H19NO2/c1-18-15-7-6-13(5-4-10-17)14(11-15)12-16-8-2-3-9-16/h6-7,11,17H,2-3,8-10,12H2,1H3. The summed E-state index contributed by atoms with van der Waals surface area (Å²) in [7, 11) is 1.67. The summed E-state index contributed by atoms with van der Waals surface area (Å²) in [6.45, 7) is 3.12. The number of rotatable bonds is 3. The van der Waals surface area contributed by atoms with Gasteiger partial charge < -0.3 is 9.84 Å². The summed E-state index contributed by atoms with van der Waals surface area (Å²) in [5.74, 6) is 6.58. The lowest BCUT2D eigenvalue weighted by Gasteiger charge is -2.16. The number of ether oxygens (including phenoxy) is 1. The Morgan fingerprint density at radius 3 is 2.78 bits per heavy atom. The van der Waals surface area contributed by atoms with E-state index >= 15 is 0 Å². The quantitative estimate of drug-likeness (QED) is 0.822. The first-order valence-electron chi connectivity index (χ1n) is 6.32. The molecule has 0 radical (unpaired) electrons. The van der Waals surface area contributed by atoms with E-state index in [2.05, 4.69) is 16.7 Å². The molecule has 1 aromatic rings. The van der Waals surface area contributed by atoms with Gasteiger partial charge in [-0.25, -0.2) is 0 Å². The van der Waals surface area contributed by atoms with E-state index in [1.54, 1.807) is 7.11 Å². The third-order valence-electron chi connectivity index (χ3n) is 3.21. The van der Waals surface area contributed by atoms with Crippen molar-refractivity contribution < 1.29 is 9.84 Å². The van der Waals surface area contributed by atoms with Crippen LogP contribution in [-0.2, 0) is 6.54 Å². The molecule has 0 amide bonds. The average Bonchev–Trinajstić information content (AvgIpc) is 2.90. The van der Waals surface area contributed by atoms with E-state index in [1.807, 2.05) is 18.2 Å². The number of aliphatic hydroxyl groups is 1. The van der Waals surface area contributed by atoms with Crippen LogP contribution in [0.4, 0.5) is 0 Å². The molecule has 1 heterocycles. The second kappa shape index (κ2) is 6.44. The maximum atomic E-state index is 8.79. The van der Waals surface area contributed by atoms with Gasteiger partial charge in [-0.3, -0.25) is 4.90 Å². The van der Waals surface area contributed by atoms with Crippen LogP contribution in [-0.4, -0.2) is 36.8 Å². The predicted octanol–water partition coefficient (Wildman–Crippen LogP) is 1.63. The minimum atomic E-state index is -0.102. The molecule has 0 bridgehead atoms. The van der Waals surface area contributed by atoms with Gasteiger partial charge in [0.15, 0.2) is 0 Å². The topological polar surface area (TPSA) is 32.7 Å². The molecule has 0 spiro atoms. The molecule has 0 aromatic heterocycles. The van der Waals surface area contributed by atoms with E-state index in [4.69, 9.17) is 9.84 Å². The van der Waals surface area contributed by atoms with Gasteiger partial charge in [-0.2, -0.15) is 0 Å². The van der Waals surface area contributed by atoms with Gasteiger partial charge in [-0.1, -0.05) is 11.8 Å². The highest BCUT2D eigenvalue weighted by molar-refractivity contribution is 5.45. The number of likely N-dealkylation sites (tertiary alicyclic amines) is 1. The third kappa shape index (κ3) is 3.25. The van der Waals surface area contributed by atoms with Crippen molar-refractivity contribution in [3.63, 3.8) is 0 Å². The van der Waals surface area contributed by atoms with Crippen LogP contribution in [0.1, 0.15) is 24.0 Å². The van der Waals surface area contributed by atoms with E-state index in [-0.39, 0.29) is 6.61 Å². The zero-order valence-electron chi connectivity index (χ0n) is 10.8. The fourth-order valence-corrected chi connectivity index (χ4v) is 2.27. The van der Waals surface area contributed by atoms with Crippen molar-refractivity contribution in [3.8, 4) is 17.6 Å². The maximum absolute atomic E-state index is 8.79. The lowest BCUT2D eigenvalue weighted by Crippen LogP contribution is -2.19. The van der Waals surface area contributed by atoms with Gasteiger partial charge in [0.2, 0.25) is 0 Å². The lowest BCUT2D eigenvalue weighted by atomic mass is 10.1. The summed E-state index contributed by atoms with van der Waals surface area (Å²) in [4.78, 5) is 2.43. The monoisotopic (exact) mass is 245 g/mol. The van der Waals surface area contributed by atoms with Crippen molar-refractivity contribution in [2.45, 2.75) is 19.4 Å². The number of benzene rings is 1. The van der Waals surface area contributed by atoms with Crippen LogP contribution in [0.25, 0.3) is 0 Å². The van der Waals surface area contributed by atoms with Gasteiger partial charge in [0.1, 0.15) is 12.4 Å². The minimum Gasteiger partial charge on any atom is -0.497 e. The van der Waals surface area contributed by atoms with Crippen molar-refractivity contribution in [1.29, 1.82) is 0 Å². The Morgan fingerprint density at radius 1 is 1.33 bits per heavy atom. The fourth-order valence-electron chi connectivity index (χ4n) is 2.27. The molecule has 1 N–H and O–H groups in total. The molecule has 0 atom stereocenters. The Bertz CT molecular complexity index is 453. The SMILES string of the molecule is COc1ccc(C#CCO)c(CN2CCCC2)c1. The zero-order chi connectivity index (χ0) is 12.8. The van der Waals surface area contributed by atoms with Crippen LogP contribution in [0.2, 0.25) is 0 Å². The largest absolute Gasteiger partial charge is 0.497 e. The first-order valence-corrected chi connectivity index (χ1v) is 6.32. The number of hydrogen-bond donors (Lipinski definition) is 1. The van der Waals surface area contributed by atoms with Crippen molar-refractivity contribution in [2.24, 2.45) is 0 Å². The normalized spacial score (nSPS) is 15.2. The number of aliphatic hydroxyl groups excluding tert-OH is 1. The van der Waals surface area contributed by atoms with Crippen LogP contribution >= 0.6 is 0 Å². The summed E-state index contributed by atoms with van der Waals surface area (Å²) in [6.07, 6.45) is 2.56. The van der Waals surface area contributed by atoms with Crippen LogP contribution in [0.15, 0.2) is 18.2 Å². The van der Waals surface area contributed by atoms with Gasteiger partial charge in [-0.05, 0) is 49.7 Å². The highest BCUT2D eigenvalue weighted by Crippen LogP contribution is 2.20. The van der Waals surface area contributed by atoms with Gasteiger partial charge in [0, 0.05) is 12.1 Å². The average molecular weight is 245 g/mol. The molecule has 18 heavy (non-hydrogen) atoms. The van der Waals surface area contributed by atoms with Gasteiger partial charge in [0.25, 0.3) is 0 Å². The van der Waals surface area contributed by atoms with Crippen LogP contribution in [0, 0.1) is 11.8 Å². The molecule has 3 nitrogen and oxygen atoms in total. The molecule has 0 aliphatic carbocycles. The molecule has 1 aliphatic heterocycles. The molecule has 1 fully saturated rings. The van der Waals surface area contributed by atoms with Crippen molar-refractivity contribution >= 4 is 0 Å². The molecule has 0 unspecified atom stereocenters. The molecule has 1 aromatic carbocycles. The van der Waals surface area contributed by atoms with Crippen molar-refractivity contribution in [2.75, 3.05) is 26.8 Å². The predicted molar refractivity (Wildman–Crippen MR) is 71.5 cm³/mol. The van der Waals surface area contributed by atoms with E-state index < -0.39 is 0 Å². The van der Waals surface area contributed by atoms with Gasteiger partial charge in [0.05, 0.1) is 7.11 Å². The first kappa shape index (κ1) is 12.9. The molecule has 2 rings (SSSR count). The molecular formula is C15H19NO2. The van der Waals surface area contributed by atoms with Crippen LogP contribution in [0.3, 0.4) is 0 Å². The second-order valence-corrected chi connectivity index (χ2v) is 4.47. The molecule has 1 saturated heterocycles. The zero-order valence-corrected chi connectivity index (χ0v) is 10.8. The Balaban J connectivity index is 2.22. The Hall–Kier alpha value is -1.50. The van der Waals surface area contributed by atoms with E-state index in [0.29, 0.717) is 0 Å². The summed E-state index contributed by atoms with van der Waals surface area (Å²) in [5.41, 5.74) is 2.16. The number of nitrogens with zero attached hydrogens (tertiary/aromatic N) is 1. The maximum Gasteiger partial charge on any atom is 0.119 e. The minimum absolute atomic E-state index is 0.102. The fraction of sp³-hybridized carbons (Fsp3) is 0.467. The highest BCUT2D eigenvalue weighted by Gasteiger charge is 2.13.